The molecule has 2 heterocycles. The molecule has 0 spiro atoms. The van der Waals surface area contributed by atoms with Crippen molar-refractivity contribution >= 4 is 23.2 Å². The lowest BCUT2D eigenvalue weighted by atomic mass is 9.90. The highest BCUT2D eigenvalue weighted by molar-refractivity contribution is 6.32. The summed E-state index contributed by atoms with van der Waals surface area (Å²) in [7, 11) is 0. The fourth-order valence-electron chi connectivity index (χ4n) is 2.70. The second-order valence-corrected chi connectivity index (χ2v) is 5.57. The van der Waals surface area contributed by atoms with Crippen molar-refractivity contribution in [3.8, 4) is 0 Å². The van der Waals surface area contributed by atoms with Gasteiger partial charge in [-0.1, -0.05) is 18.5 Å². The molecule has 21 heavy (non-hydrogen) atoms. The largest absolute Gasteiger partial charge is 0.334 e. The Morgan fingerprint density at radius 3 is 3.00 bits per heavy atom. The quantitative estimate of drug-likeness (QED) is 0.521. The van der Waals surface area contributed by atoms with Gasteiger partial charge in [0.05, 0.1) is 10.5 Å². The van der Waals surface area contributed by atoms with E-state index in [1.54, 1.807) is 4.90 Å². The predicted molar refractivity (Wildman–Crippen MR) is 78.2 cm³/mol. The van der Waals surface area contributed by atoms with Crippen LogP contribution in [-0.2, 0) is 0 Å². The van der Waals surface area contributed by atoms with Gasteiger partial charge in [-0.3, -0.25) is 14.9 Å². The third kappa shape index (κ3) is 3.14. The number of hydrogen-bond acceptors (Lipinski definition) is 5. The van der Waals surface area contributed by atoms with Crippen LogP contribution in [0.5, 0.6) is 0 Å². The monoisotopic (exact) mass is 312 g/mol. The Balaban J connectivity index is 2.34. The number of amides is 1. The molecule has 0 aromatic carbocycles. The Bertz CT molecular complexity index is 566. The van der Waals surface area contributed by atoms with Gasteiger partial charge >= 0.3 is 0 Å². The van der Waals surface area contributed by atoms with E-state index in [-0.39, 0.29) is 34.3 Å². The molecule has 1 aliphatic heterocycles. The van der Waals surface area contributed by atoms with E-state index in [0.29, 0.717) is 13.1 Å². The van der Waals surface area contributed by atoms with E-state index >= 15 is 0 Å². The number of pyridine rings is 1. The second-order valence-electron chi connectivity index (χ2n) is 5.21. The molecule has 1 aliphatic rings. The molecule has 1 aromatic rings. The van der Waals surface area contributed by atoms with E-state index < -0.39 is 4.92 Å². The minimum Gasteiger partial charge on any atom is -0.334 e. The van der Waals surface area contributed by atoms with Crippen LogP contribution in [0.25, 0.3) is 0 Å². The van der Waals surface area contributed by atoms with Crippen LogP contribution in [0.1, 0.15) is 30.1 Å². The standard InChI is InChI=1S/C13H17ClN4O3/c1-8-3-2-4-17(11(8)6-15)13(19)10-5-9(18(20)21)7-16-12(10)14/h5,7-8,11H,2-4,6,15H2,1H3. The van der Waals surface area contributed by atoms with Crippen LogP contribution in [0.2, 0.25) is 5.15 Å². The zero-order valence-electron chi connectivity index (χ0n) is 11.7. The molecule has 0 radical (unpaired) electrons. The smallest absolute Gasteiger partial charge is 0.288 e. The Hall–Kier alpha value is -1.73. The van der Waals surface area contributed by atoms with Gasteiger partial charge in [0.15, 0.2) is 0 Å². The summed E-state index contributed by atoms with van der Waals surface area (Å²) in [6.07, 6.45) is 2.92. The van der Waals surface area contributed by atoms with Crippen molar-refractivity contribution in [3.05, 3.63) is 33.1 Å². The highest BCUT2D eigenvalue weighted by Crippen LogP contribution is 2.27. The maximum atomic E-state index is 12.6. The van der Waals surface area contributed by atoms with Gasteiger partial charge in [0.25, 0.3) is 11.6 Å². The minimum absolute atomic E-state index is 0.0282. The molecule has 7 nitrogen and oxygen atoms in total. The maximum absolute atomic E-state index is 12.6. The molecule has 2 N–H and O–H groups in total. The minimum atomic E-state index is -0.598. The third-order valence-electron chi connectivity index (χ3n) is 3.88. The van der Waals surface area contributed by atoms with Gasteiger partial charge in [0.1, 0.15) is 11.3 Å². The number of rotatable bonds is 3. The van der Waals surface area contributed by atoms with Gasteiger partial charge < -0.3 is 10.6 Å². The first-order valence-corrected chi connectivity index (χ1v) is 7.14. The fourth-order valence-corrected chi connectivity index (χ4v) is 2.89. The number of hydrogen-bond donors (Lipinski definition) is 1. The van der Waals surface area contributed by atoms with Crippen LogP contribution < -0.4 is 5.73 Å². The van der Waals surface area contributed by atoms with Crippen molar-refractivity contribution in [1.29, 1.82) is 0 Å². The van der Waals surface area contributed by atoms with Crippen LogP contribution in [0.3, 0.4) is 0 Å². The van der Waals surface area contributed by atoms with Gasteiger partial charge in [-0.25, -0.2) is 4.98 Å². The maximum Gasteiger partial charge on any atom is 0.288 e. The van der Waals surface area contributed by atoms with Gasteiger partial charge in [-0.05, 0) is 18.8 Å². The number of nitrogens with two attached hydrogens (primary N) is 1. The van der Waals surface area contributed by atoms with Crippen molar-refractivity contribution in [3.63, 3.8) is 0 Å². The second kappa shape index (κ2) is 6.36. The van der Waals surface area contributed by atoms with Crippen molar-refractivity contribution < 1.29 is 9.72 Å². The van der Waals surface area contributed by atoms with Crippen molar-refractivity contribution in [2.75, 3.05) is 13.1 Å². The summed E-state index contributed by atoms with van der Waals surface area (Å²) in [5.41, 5.74) is 5.57. The number of carbonyl (C=O) groups excluding carboxylic acids is 1. The first-order chi connectivity index (χ1) is 9.95. The molecule has 2 rings (SSSR count). The van der Waals surface area contributed by atoms with E-state index in [0.717, 1.165) is 19.0 Å². The number of halogens is 1. The zero-order valence-corrected chi connectivity index (χ0v) is 12.4. The zero-order chi connectivity index (χ0) is 15.6. The first kappa shape index (κ1) is 15.7. The molecule has 0 bridgehead atoms. The lowest BCUT2D eigenvalue weighted by Gasteiger charge is -2.39. The molecular weight excluding hydrogens is 296 g/mol. The Morgan fingerprint density at radius 1 is 1.67 bits per heavy atom. The summed E-state index contributed by atoms with van der Waals surface area (Å²) in [4.78, 5) is 28.2. The molecule has 2 atom stereocenters. The first-order valence-electron chi connectivity index (χ1n) is 6.76. The van der Waals surface area contributed by atoms with Crippen LogP contribution in [0.15, 0.2) is 12.3 Å². The predicted octanol–water partition coefficient (Wildman–Crippen LogP) is 1.84. The average molecular weight is 313 g/mol. The summed E-state index contributed by atoms with van der Waals surface area (Å²) < 4.78 is 0. The van der Waals surface area contributed by atoms with E-state index in [4.69, 9.17) is 17.3 Å². The SMILES string of the molecule is CC1CCCN(C(=O)c2cc([N+](=O)[O-])cnc2Cl)C1CN. The molecule has 1 amide bonds. The molecule has 1 fully saturated rings. The normalized spacial score (nSPS) is 22.1. The summed E-state index contributed by atoms with van der Waals surface area (Å²) >= 11 is 5.93. The molecular formula is C13H17ClN4O3. The van der Waals surface area contributed by atoms with E-state index in [1.165, 1.54) is 6.07 Å². The topological polar surface area (TPSA) is 102 Å². The fraction of sp³-hybridized carbons (Fsp3) is 0.538. The number of aromatic nitrogens is 1. The number of nitro groups is 1. The highest BCUT2D eigenvalue weighted by Gasteiger charge is 2.33. The summed E-state index contributed by atoms with van der Waals surface area (Å²) in [6, 6.07) is 1.09. The lowest BCUT2D eigenvalue weighted by Crippen LogP contribution is -2.51. The van der Waals surface area contributed by atoms with E-state index in [2.05, 4.69) is 4.98 Å². The molecule has 8 heteroatoms. The molecule has 0 aliphatic carbocycles. The molecule has 1 saturated heterocycles. The van der Waals surface area contributed by atoms with Crippen molar-refractivity contribution in [2.24, 2.45) is 11.7 Å². The Morgan fingerprint density at radius 2 is 2.38 bits per heavy atom. The molecule has 114 valence electrons. The lowest BCUT2D eigenvalue weighted by molar-refractivity contribution is -0.385. The number of piperidine rings is 1. The van der Waals surface area contributed by atoms with E-state index in [1.807, 2.05) is 6.92 Å². The van der Waals surface area contributed by atoms with Gasteiger partial charge in [0.2, 0.25) is 0 Å². The van der Waals surface area contributed by atoms with E-state index in [9.17, 15) is 14.9 Å². The Labute approximate surface area is 127 Å². The molecule has 2 unspecified atom stereocenters. The summed E-state index contributed by atoms with van der Waals surface area (Å²) in [5.74, 6) is -0.0590. The number of carbonyl (C=O) groups is 1. The van der Waals surface area contributed by atoms with Crippen molar-refractivity contribution in [2.45, 2.75) is 25.8 Å². The number of likely N-dealkylation sites (tertiary alicyclic amines) is 1. The average Bonchev–Trinajstić information content (AvgIpc) is 2.46. The number of nitrogens with zero attached hydrogens (tertiary/aromatic N) is 3. The molecule has 0 saturated carbocycles. The third-order valence-corrected chi connectivity index (χ3v) is 4.19. The van der Waals surface area contributed by atoms with Crippen LogP contribution in [-0.4, -0.2) is 39.8 Å². The van der Waals surface area contributed by atoms with Gasteiger partial charge in [0, 0.05) is 25.2 Å². The van der Waals surface area contributed by atoms with Crippen LogP contribution in [0.4, 0.5) is 5.69 Å². The summed E-state index contributed by atoms with van der Waals surface area (Å²) in [5, 5.41) is 10.8. The van der Waals surface area contributed by atoms with Gasteiger partial charge in [-0.2, -0.15) is 0 Å². The molecule has 1 aromatic heterocycles. The highest BCUT2D eigenvalue weighted by atomic mass is 35.5. The van der Waals surface area contributed by atoms with Crippen LogP contribution in [0, 0.1) is 16.0 Å². The van der Waals surface area contributed by atoms with Gasteiger partial charge in [-0.15, -0.1) is 0 Å². The van der Waals surface area contributed by atoms with Crippen LogP contribution >= 0.6 is 11.6 Å². The summed E-state index contributed by atoms with van der Waals surface area (Å²) in [6.45, 7) is 2.97. The Kier molecular flexibility index (Phi) is 4.74. The van der Waals surface area contributed by atoms with Crippen molar-refractivity contribution in [1.82, 2.24) is 9.88 Å².